The average Bonchev–Trinajstić information content (AvgIpc) is 2.51. The lowest BCUT2D eigenvalue weighted by Gasteiger charge is -2.30. The van der Waals surface area contributed by atoms with Gasteiger partial charge in [-0.3, -0.25) is 9.97 Å². The number of ether oxygens (including phenoxy) is 1. The second-order valence-corrected chi connectivity index (χ2v) is 4.97. The standard InChI is InChI=1S/C16H18N2O2/c1-2-3-10-20-16-12-7-5-9-18-14(12)13-11(15(16)19)6-4-8-17-13/h4-9,15-16,19H,2-3,10H2,1H3/t15-,16-/m0/s1. The van der Waals surface area contributed by atoms with Crippen LogP contribution in [0.1, 0.15) is 43.1 Å². The van der Waals surface area contributed by atoms with Gasteiger partial charge in [-0.1, -0.05) is 25.5 Å². The van der Waals surface area contributed by atoms with Crippen LogP contribution in [0.3, 0.4) is 0 Å². The van der Waals surface area contributed by atoms with Crippen molar-refractivity contribution in [2.75, 3.05) is 6.61 Å². The summed E-state index contributed by atoms with van der Waals surface area (Å²) in [6.45, 7) is 2.76. The summed E-state index contributed by atoms with van der Waals surface area (Å²) >= 11 is 0. The van der Waals surface area contributed by atoms with Crippen molar-refractivity contribution in [2.45, 2.75) is 32.0 Å². The molecule has 20 heavy (non-hydrogen) atoms. The molecule has 1 N–H and O–H groups in total. The van der Waals surface area contributed by atoms with Crippen LogP contribution in [0.15, 0.2) is 36.7 Å². The number of unbranched alkanes of at least 4 members (excludes halogenated alkanes) is 1. The Bertz CT molecular complexity index is 601. The average molecular weight is 270 g/mol. The van der Waals surface area contributed by atoms with E-state index in [9.17, 15) is 5.11 Å². The van der Waals surface area contributed by atoms with Gasteiger partial charge in [0.25, 0.3) is 0 Å². The number of hydrogen-bond acceptors (Lipinski definition) is 4. The minimum Gasteiger partial charge on any atom is -0.385 e. The summed E-state index contributed by atoms with van der Waals surface area (Å²) < 4.78 is 5.90. The molecule has 0 saturated carbocycles. The molecule has 2 aromatic rings. The lowest BCUT2D eigenvalue weighted by molar-refractivity contribution is -0.0435. The molecule has 0 aliphatic heterocycles. The summed E-state index contributed by atoms with van der Waals surface area (Å²) in [5, 5.41) is 10.6. The number of aliphatic hydroxyl groups is 1. The highest BCUT2D eigenvalue weighted by molar-refractivity contribution is 5.67. The second-order valence-electron chi connectivity index (χ2n) is 4.97. The van der Waals surface area contributed by atoms with Crippen LogP contribution in [-0.2, 0) is 4.74 Å². The number of aromatic nitrogens is 2. The molecule has 0 aromatic carbocycles. The Kier molecular flexibility index (Phi) is 3.76. The zero-order valence-corrected chi connectivity index (χ0v) is 11.5. The summed E-state index contributed by atoms with van der Waals surface area (Å²) in [6.07, 6.45) is 4.48. The third kappa shape index (κ3) is 2.21. The van der Waals surface area contributed by atoms with E-state index in [1.165, 1.54) is 0 Å². The monoisotopic (exact) mass is 270 g/mol. The second kappa shape index (κ2) is 5.69. The number of aliphatic hydroxyl groups excluding tert-OH is 1. The number of pyridine rings is 2. The first-order valence-corrected chi connectivity index (χ1v) is 7.02. The molecular weight excluding hydrogens is 252 g/mol. The van der Waals surface area contributed by atoms with E-state index in [1.54, 1.807) is 12.4 Å². The molecule has 104 valence electrons. The molecule has 2 atom stereocenters. The van der Waals surface area contributed by atoms with E-state index in [2.05, 4.69) is 16.9 Å². The van der Waals surface area contributed by atoms with Gasteiger partial charge in [0.05, 0.1) is 11.4 Å². The molecule has 0 radical (unpaired) electrons. The van der Waals surface area contributed by atoms with Crippen molar-refractivity contribution in [2.24, 2.45) is 0 Å². The predicted octanol–water partition coefficient (Wildman–Crippen LogP) is 3.05. The topological polar surface area (TPSA) is 55.2 Å². The predicted molar refractivity (Wildman–Crippen MR) is 76.0 cm³/mol. The Balaban J connectivity index is 2.02. The normalized spacial score (nSPS) is 20.3. The van der Waals surface area contributed by atoms with Gasteiger partial charge < -0.3 is 9.84 Å². The quantitative estimate of drug-likeness (QED) is 0.868. The fraction of sp³-hybridized carbons (Fsp3) is 0.375. The molecule has 2 aromatic heterocycles. The van der Waals surface area contributed by atoms with Gasteiger partial charge in [-0.15, -0.1) is 0 Å². The minimum atomic E-state index is -0.688. The van der Waals surface area contributed by atoms with E-state index >= 15 is 0 Å². The summed E-state index contributed by atoms with van der Waals surface area (Å²) in [7, 11) is 0. The molecule has 0 spiro atoms. The smallest absolute Gasteiger partial charge is 0.115 e. The van der Waals surface area contributed by atoms with Crippen LogP contribution in [-0.4, -0.2) is 21.7 Å². The van der Waals surface area contributed by atoms with E-state index in [4.69, 9.17) is 4.74 Å². The van der Waals surface area contributed by atoms with Crippen molar-refractivity contribution in [1.82, 2.24) is 9.97 Å². The van der Waals surface area contributed by atoms with E-state index in [1.807, 2.05) is 24.3 Å². The van der Waals surface area contributed by atoms with Crippen LogP contribution in [0.25, 0.3) is 11.4 Å². The first kappa shape index (κ1) is 13.2. The number of nitrogens with zero attached hydrogens (tertiary/aromatic N) is 2. The van der Waals surface area contributed by atoms with E-state index in [-0.39, 0.29) is 6.10 Å². The van der Waals surface area contributed by atoms with Crippen molar-refractivity contribution in [1.29, 1.82) is 0 Å². The van der Waals surface area contributed by atoms with Crippen molar-refractivity contribution in [3.8, 4) is 11.4 Å². The van der Waals surface area contributed by atoms with E-state index in [0.717, 1.165) is 35.4 Å². The van der Waals surface area contributed by atoms with Crippen LogP contribution in [0.4, 0.5) is 0 Å². The van der Waals surface area contributed by atoms with Gasteiger partial charge in [-0.2, -0.15) is 0 Å². The molecular formula is C16H18N2O2. The zero-order valence-electron chi connectivity index (χ0n) is 11.5. The summed E-state index contributed by atoms with van der Waals surface area (Å²) in [4.78, 5) is 8.78. The lowest BCUT2D eigenvalue weighted by atomic mass is 9.88. The van der Waals surface area contributed by atoms with Gasteiger partial charge in [0.2, 0.25) is 0 Å². The van der Waals surface area contributed by atoms with Crippen LogP contribution in [0, 0.1) is 0 Å². The highest BCUT2D eigenvalue weighted by Gasteiger charge is 2.34. The van der Waals surface area contributed by atoms with Gasteiger partial charge in [-0.05, 0) is 18.6 Å². The third-order valence-corrected chi connectivity index (χ3v) is 3.61. The fourth-order valence-electron chi connectivity index (χ4n) is 2.57. The minimum absolute atomic E-state index is 0.359. The maximum atomic E-state index is 10.6. The lowest BCUT2D eigenvalue weighted by Crippen LogP contribution is -2.22. The molecule has 3 rings (SSSR count). The van der Waals surface area contributed by atoms with Gasteiger partial charge in [0.15, 0.2) is 0 Å². The van der Waals surface area contributed by atoms with Gasteiger partial charge in [0, 0.05) is 30.1 Å². The maximum absolute atomic E-state index is 10.6. The van der Waals surface area contributed by atoms with Crippen molar-refractivity contribution in [3.63, 3.8) is 0 Å². The maximum Gasteiger partial charge on any atom is 0.115 e. The zero-order chi connectivity index (χ0) is 13.9. The first-order valence-electron chi connectivity index (χ1n) is 7.02. The molecule has 1 aliphatic carbocycles. The Morgan fingerprint density at radius 3 is 2.45 bits per heavy atom. The molecule has 1 aliphatic rings. The summed E-state index contributed by atoms with van der Waals surface area (Å²) in [6, 6.07) is 7.55. The van der Waals surface area contributed by atoms with Crippen molar-refractivity contribution < 1.29 is 9.84 Å². The van der Waals surface area contributed by atoms with Crippen molar-refractivity contribution in [3.05, 3.63) is 47.8 Å². The fourth-order valence-corrected chi connectivity index (χ4v) is 2.57. The summed E-state index contributed by atoms with van der Waals surface area (Å²) in [5.74, 6) is 0. The van der Waals surface area contributed by atoms with Crippen LogP contribution < -0.4 is 0 Å². The first-order chi connectivity index (χ1) is 9.83. The molecule has 0 amide bonds. The molecule has 4 nitrogen and oxygen atoms in total. The molecule has 2 heterocycles. The number of hydrogen-bond donors (Lipinski definition) is 1. The molecule has 0 saturated heterocycles. The van der Waals surface area contributed by atoms with Gasteiger partial charge in [-0.25, -0.2) is 0 Å². The largest absolute Gasteiger partial charge is 0.385 e. The van der Waals surface area contributed by atoms with Gasteiger partial charge in [0.1, 0.15) is 12.2 Å². The van der Waals surface area contributed by atoms with Crippen LogP contribution >= 0.6 is 0 Å². The Morgan fingerprint density at radius 2 is 1.75 bits per heavy atom. The third-order valence-electron chi connectivity index (χ3n) is 3.61. The van der Waals surface area contributed by atoms with Crippen LogP contribution in [0.2, 0.25) is 0 Å². The molecule has 0 unspecified atom stereocenters. The molecule has 4 heteroatoms. The number of fused-ring (bicyclic) bond motifs is 3. The highest BCUT2D eigenvalue weighted by atomic mass is 16.5. The number of rotatable bonds is 4. The SMILES string of the molecule is CCCCO[C@H]1c2cccnc2-c2ncccc2[C@@H]1O. The molecule has 0 fully saturated rings. The van der Waals surface area contributed by atoms with E-state index in [0.29, 0.717) is 6.61 Å². The van der Waals surface area contributed by atoms with Gasteiger partial charge >= 0.3 is 0 Å². The Labute approximate surface area is 118 Å². The molecule has 0 bridgehead atoms. The van der Waals surface area contributed by atoms with Crippen LogP contribution in [0.5, 0.6) is 0 Å². The van der Waals surface area contributed by atoms with E-state index < -0.39 is 6.10 Å². The Hall–Kier alpha value is -1.78. The Morgan fingerprint density at radius 1 is 1.10 bits per heavy atom. The highest BCUT2D eigenvalue weighted by Crippen LogP contribution is 2.43. The van der Waals surface area contributed by atoms with Crippen molar-refractivity contribution >= 4 is 0 Å². The summed E-state index contributed by atoms with van der Waals surface area (Å²) in [5.41, 5.74) is 3.28.